The third-order valence-corrected chi connectivity index (χ3v) is 4.22. The van der Waals surface area contributed by atoms with Crippen molar-refractivity contribution in [1.82, 2.24) is 4.90 Å². The first-order valence-corrected chi connectivity index (χ1v) is 8.71. The molecular weight excluding hydrogens is 403 g/mol. The molecule has 1 saturated heterocycles. The highest BCUT2D eigenvalue weighted by Gasteiger charge is 2.30. The Morgan fingerprint density at radius 2 is 1.90 bits per heavy atom. The molecule has 2 amide bonds. The molecule has 1 aliphatic heterocycles. The van der Waals surface area contributed by atoms with Gasteiger partial charge in [0, 0.05) is 18.8 Å². The van der Waals surface area contributed by atoms with Gasteiger partial charge < -0.3 is 20.7 Å². The number of alkyl halides is 4. The van der Waals surface area contributed by atoms with E-state index in [0.29, 0.717) is 4.90 Å². The normalized spacial score (nSPS) is 16.0. The van der Waals surface area contributed by atoms with Crippen molar-refractivity contribution in [2.75, 3.05) is 49.6 Å². The summed E-state index contributed by atoms with van der Waals surface area (Å²) in [6.45, 7) is -2.31. The fourth-order valence-corrected chi connectivity index (χ4v) is 2.89. The lowest BCUT2D eigenvalue weighted by Gasteiger charge is -2.29. The first-order valence-electron chi connectivity index (χ1n) is 8.71. The maximum absolute atomic E-state index is 14.4. The van der Waals surface area contributed by atoms with Gasteiger partial charge in [-0.25, -0.2) is 22.0 Å². The zero-order chi connectivity index (χ0) is 21.6. The molecule has 29 heavy (non-hydrogen) atoms. The number of morpholine rings is 1. The summed E-state index contributed by atoms with van der Waals surface area (Å²) in [5, 5.41) is 2.18. The average Bonchev–Trinajstić information content (AvgIpc) is 2.63. The van der Waals surface area contributed by atoms with Gasteiger partial charge in [-0.1, -0.05) is 0 Å². The Bertz CT molecular complexity index is 712. The summed E-state index contributed by atoms with van der Waals surface area (Å²) in [4.78, 5) is 26.1. The highest BCUT2D eigenvalue weighted by Crippen LogP contribution is 2.24. The number of carbonyl (C=O) groups is 2. The monoisotopic (exact) mass is 424 g/mol. The summed E-state index contributed by atoms with van der Waals surface area (Å²) in [6.07, 6.45) is -5.92. The van der Waals surface area contributed by atoms with Crippen molar-refractivity contribution in [2.24, 2.45) is 5.73 Å². The smallest absolute Gasteiger partial charge is 0.253 e. The van der Waals surface area contributed by atoms with Gasteiger partial charge in [0.25, 0.3) is 18.8 Å². The molecule has 2 rings (SSSR count). The molecule has 0 saturated carbocycles. The fraction of sp³-hybridized carbons (Fsp3) is 0.529. The summed E-state index contributed by atoms with van der Waals surface area (Å²) in [5.41, 5.74) is 5.36. The van der Waals surface area contributed by atoms with Crippen LogP contribution in [0.3, 0.4) is 0 Å². The Balaban J connectivity index is 2.13. The zero-order valence-electron chi connectivity index (χ0n) is 15.3. The second-order valence-electron chi connectivity index (χ2n) is 6.24. The molecule has 0 spiro atoms. The van der Waals surface area contributed by atoms with Gasteiger partial charge in [0.05, 0.1) is 25.4 Å². The number of halogens is 5. The Kier molecular flexibility index (Phi) is 8.29. The lowest BCUT2D eigenvalue weighted by atomic mass is 10.2. The predicted molar refractivity (Wildman–Crippen MR) is 94.6 cm³/mol. The number of anilines is 2. The summed E-state index contributed by atoms with van der Waals surface area (Å²) in [6, 6.07) is 2.09. The largest absolute Gasteiger partial charge is 0.370 e. The van der Waals surface area contributed by atoms with Gasteiger partial charge in [0.1, 0.15) is 18.5 Å². The van der Waals surface area contributed by atoms with Crippen LogP contribution in [-0.2, 0) is 14.3 Å². The summed E-state index contributed by atoms with van der Waals surface area (Å²) >= 11 is 0. The molecule has 1 atom stereocenters. The first-order chi connectivity index (χ1) is 13.7. The number of nitrogens with zero attached hydrogens (tertiary/aromatic N) is 2. The van der Waals surface area contributed by atoms with Crippen LogP contribution in [0.4, 0.5) is 33.3 Å². The molecule has 1 heterocycles. The molecule has 12 heteroatoms. The molecule has 0 unspecified atom stereocenters. The molecule has 1 aromatic rings. The van der Waals surface area contributed by atoms with Crippen LogP contribution in [-0.4, -0.2) is 75.0 Å². The third-order valence-electron chi connectivity index (χ3n) is 4.22. The SMILES string of the molecule is NC[C@H](C(=O)Nc1ccc(N2CCOCC2=O)cc1F)N(CC(F)F)CC(F)F. The van der Waals surface area contributed by atoms with E-state index in [4.69, 9.17) is 10.5 Å². The van der Waals surface area contributed by atoms with Crippen molar-refractivity contribution in [3.63, 3.8) is 0 Å². The van der Waals surface area contributed by atoms with Gasteiger partial charge in [0.2, 0.25) is 5.91 Å². The standard InChI is InChI=1S/C17H21F5N4O3/c18-11-5-10(26-3-4-29-9-16(26)27)1-2-12(11)24-17(28)13(6-23)25(7-14(19)20)8-15(21)22/h1-2,5,13-15H,3-4,6-9,23H2,(H,24,28)/t13-/m1/s1. The Hall–Kier alpha value is -2.31. The maximum atomic E-state index is 14.4. The van der Waals surface area contributed by atoms with Gasteiger partial charge in [-0.05, 0) is 18.2 Å². The van der Waals surface area contributed by atoms with Crippen molar-refractivity contribution in [3.05, 3.63) is 24.0 Å². The van der Waals surface area contributed by atoms with E-state index in [-0.39, 0.29) is 37.0 Å². The minimum absolute atomic E-state index is 0.137. The van der Waals surface area contributed by atoms with Crippen LogP contribution in [0.1, 0.15) is 0 Å². The Labute approximate surface area is 163 Å². The van der Waals surface area contributed by atoms with Gasteiger partial charge >= 0.3 is 0 Å². The van der Waals surface area contributed by atoms with E-state index in [1.54, 1.807) is 0 Å². The molecule has 0 radical (unpaired) electrons. The lowest BCUT2D eigenvalue weighted by Crippen LogP contribution is -2.51. The number of hydrogen-bond donors (Lipinski definition) is 2. The third kappa shape index (κ3) is 6.34. The molecule has 1 fully saturated rings. The molecule has 1 aromatic carbocycles. The van der Waals surface area contributed by atoms with Gasteiger partial charge in [-0.2, -0.15) is 0 Å². The summed E-state index contributed by atoms with van der Waals surface area (Å²) in [7, 11) is 0. The number of hydrogen-bond acceptors (Lipinski definition) is 5. The second-order valence-corrected chi connectivity index (χ2v) is 6.24. The van der Waals surface area contributed by atoms with E-state index in [1.807, 2.05) is 0 Å². The number of benzene rings is 1. The number of nitrogens with one attached hydrogen (secondary N) is 1. The second kappa shape index (κ2) is 10.5. The van der Waals surface area contributed by atoms with Crippen molar-refractivity contribution in [3.8, 4) is 0 Å². The van der Waals surface area contributed by atoms with Crippen LogP contribution in [0.15, 0.2) is 18.2 Å². The van der Waals surface area contributed by atoms with E-state index >= 15 is 0 Å². The zero-order valence-corrected chi connectivity index (χ0v) is 15.3. The van der Waals surface area contributed by atoms with Crippen LogP contribution in [0.2, 0.25) is 0 Å². The quantitative estimate of drug-likeness (QED) is 0.584. The van der Waals surface area contributed by atoms with Crippen molar-refractivity contribution in [2.45, 2.75) is 18.9 Å². The van der Waals surface area contributed by atoms with E-state index in [1.165, 1.54) is 17.0 Å². The maximum Gasteiger partial charge on any atom is 0.253 e. The molecule has 0 bridgehead atoms. The number of carbonyl (C=O) groups excluding carboxylic acids is 2. The molecule has 0 aromatic heterocycles. The summed E-state index contributed by atoms with van der Waals surface area (Å²) in [5.74, 6) is -2.24. The van der Waals surface area contributed by atoms with Crippen LogP contribution in [0, 0.1) is 5.82 Å². The first kappa shape index (κ1) is 23.0. The molecule has 162 valence electrons. The van der Waals surface area contributed by atoms with Gasteiger partial charge in [-0.15, -0.1) is 0 Å². The molecular formula is C17H21F5N4O3. The minimum Gasteiger partial charge on any atom is -0.370 e. The highest BCUT2D eigenvalue weighted by atomic mass is 19.3. The predicted octanol–water partition coefficient (Wildman–Crippen LogP) is 1.29. The van der Waals surface area contributed by atoms with E-state index in [2.05, 4.69) is 5.32 Å². The number of rotatable bonds is 9. The van der Waals surface area contributed by atoms with Crippen molar-refractivity contribution in [1.29, 1.82) is 0 Å². The number of nitrogens with two attached hydrogens (primary N) is 1. The number of ether oxygens (including phenoxy) is 1. The highest BCUT2D eigenvalue weighted by molar-refractivity contribution is 5.97. The van der Waals surface area contributed by atoms with Gasteiger partial charge in [0.15, 0.2) is 0 Å². The van der Waals surface area contributed by atoms with Crippen LogP contribution in [0.5, 0.6) is 0 Å². The van der Waals surface area contributed by atoms with Gasteiger partial charge in [-0.3, -0.25) is 14.5 Å². The molecule has 3 N–H and O–H groups in total. The molecule has 7 nitrogen and oxygen atoms in total. The van der Waals surface area contributed by atoms with Crippen LogP contribution >= 0.6 is 0 Å². The van der Waals surface area contributed by atoms with E-state index in [9.17, 15) is 31.5 Å². The minimum atomic E-state index is -2.96. The number of amides is 2. The van der Waals surface area contributed by atoms with Crippen LogP contribution in [0.25, 0.3) is 0 Å². The average molecular weight is 424 g/mol. The van der Waals surface area contributed by atoms with E-state index < -0.39 is 50.3 Å². The summed E-state index contributed by atoms with van der Waals surface area (Å²) < 4.78 is 70.1. The van der Waals surface area contributed by atoms with Crippen molar-refractivity contribution < 1.29 is 36.3 Å². The topological polar surface area (TPSA) is 87.9 Å². The van der Waals surface area contributed by atoms with E-state index in [0.717, 1.165) is 6.07 Å². The lowest BCUT2D eigenvalue weighted by molar-refractivity contribution is -0.125. The molecule has 0 aliphatic carbocycles. The van der Waals surface area contributed by atoms with Crippen molar-refractivity contribution >= 4 is 23.2 Å². The fourth-order valence-electron chi connectivity index (χ4n) is 2.89. The van der Waals surface area contributed by atoms with Crippen LogP contribution < -0.4 is 16.0 Å². The molecule has 1 aliphatic rings. The Morgan fingerprint density at radius 3 is 2.41 bits per heavy atom. The Morgan fingerprint density at radius 1 is 1.24 bits per heavy atom.